The zero-order valence-corrected chi connectivity index (χ0v) is 17.2. The van der Waals surface area contributed by atoms with E-state index in [1.54, 1.807) is 11.3 Å². The molecule has 2 aromatic rings. The molecular weight excluding hydrogens is 438 g/mol. The van der Waals surface area contributed by atoms with Gasteiger partial charge in [-0.05, 0) is 38.0 Å². The van der Waals surface area contributed by atoms with Crippen molar-refractivity contribution < 1.29 is 4.39 Å². The molecule has 2 N–H and O–H groups in total. The van der Waals surface area contributed by atoms with Crippen molar-refractivity contribution in [3.8, 4) is 0 Å². The standard InChI is InChI=1S/C17H23FN4S.HI/c1-3-19-17(21-11-9-16-22-12-13(2)23-16)20-10-8-14-4-6-15(18)7-5-14;/h4-7,12H,3,8-11H2,1-2H3,(H2,19,20,21);1H. The lowest BCUT2D eigenvalue weighted by molar-refractivity contribution is 0.626. The van der Waals surface area contributed by atoms with Crippen LogP contribution in [0.4, 0.5) is 4.39 Å². The molecule has 0 saturated carbocycles. The second kappa shape index (κ2) is 11.4. The molecule has 0 bridgehead atoms. The lowest BCUT2D eigenvalue weighted by atomic mass is 10.1. The molecule has 0 saturated heterocycles. The van der Waals surface area contributed by atoms with Gasteiger partial charge >= 0.3 is 0 Å². The Hall–Kier alpha value is -1.22. The van der Waals surface area contributed by atoms with Gasteiger partial charge in [0.15, 0.2) is 5.96 Å². The average Bonchev–Trinajstić information content (AvgIpc) is 2.95. The van der Waals surface area contributed by atoms with Crippen molar-refractivity contribution in [1.82, 2.24) is 15.6 Å². The smallest absolute Gasteiger partial charge is 0.191 e. The second-order valence-corrected chi connectivity index (χ2v) is 6.50. The van der Waals surface area contributed by atoms with Crippen LogP contribution in [0.5, 0.6) is 0 Å². The van der Waals surface area contributed by atoms with Crippen LogP contribution in [0.15, 0.2) is 35.5 Å². The molecule has 7 heteroatoms. The van der Waals surface area contributed by atoms with Gasteiger partial charge < -0.3 is 10.6 Å². The molecule has 4 nitrogen and oxygen atoms in total. The van der Waals surface area contributed by atoms with Crippen molar-refractivity contribution in [2.24, 2.45) is 4.99 Å². The van der Waals surface area contributed by atoms with Crippen molar-refractivity contribution in [3.63, 3.8) is 0 Å². The first kappa shape index (κ1) is 20.8. The summed E-state index contributed by atoms with van der Waals surface area (Å²) in [5, 5.41) is 7.65. The van der Waals surface area contributed by atoms with E-state index in [1.165, 1.54) is 17.0 Å². The monoisotopic (exact) mass is 462 g/mol. The zero-order valence-electron chi connectivity index (χ0n) is 14.0. The van der Waals surface area contributed by atoms with Crippen molar-refractivity contribution >= 4 is 41.3 Å². The van der Waals surface area contributed by atoms with Crippen LogP contribution in [-0.4, -0.2) is 30.6 Å². The maximum Gasteiger partial charge on any atom is 0.191 e. The van der Waals surface area contributed by atoms with Crippen molar-refractivity contribution in [2.75, 3.05) is 19.6 Å². The van der Waals surface area contributed by atoms with Gasteiger partial charge in [0.05, 0.1) is 5.01 Å². The maximum atomic E-state index is 12.9. The normalized spacial score (nSPS) is 11.0. The molecule has 2 rings (SSSR count). The SMILES string of the molecule is CCNC(=NCCc1ncc(C)s1)NCCc1ccc(F)cc1.I. The summed E-state index contributed by atoms with van der Waals surface area (Å²) in [4.78, 5) is 10.1. The largest absolute Gasteiger partial charge is 0.357 e. The molecule has 0 radical (unpaired) electrons. The minimum Gasteiger partial charge on any atom is -0.357 e. The number of aryl methyl sites for hydroxylation is 1. The summed E-state index contributed by atoms with van der Waals surface area (Å²) in [5.41, 5.74) is 1.10. The Morgan fingerprint density at radius 3 is 2.58 bits per heavy atom. The van der Waals surface area contributed by atoms with Crippen LogP contribution in [0.3, 0.4) is 0 Å². The van der Waals surface area contributed by atoms with E-state index in [9.17, 15) is 4.39 Å². The lowest BCUT2D eigenvalue weighted by Crippen LogP contribution is -2.38. The van der Waals surface area contributed by atoms with Gasteiger partial charge in [-0.2, -0.15) is 0 Å². The molecule has 1 heterocycles. The van der Waals surface area contributed by atoms with Crippen molar-refractivity contribution in [2.45, 2.75) is 26.7 Å². The van der Waals surface area contributed by atoms with Crippen molar-refractivity contribution in [1.29, 1.82) is 0 Å². The van der Waals surface area contributed by atoms with E-state index >= 15 is 0 Å². The fraction of sp³-hybridized carbons (Fsp3) is 0.412. The van der Waals surface area contributed by atoms with E-state index in [4.69, 9.17) is 0 Å². The maximum absolute atomic E-state index is 12.9. The van der Waals surface area contributed by atoms with E-state index in [0.29, 0.717) is 6.54 Å². The number of benzene rings is 1. The number of aliphatic imine (C=N–C) groups is 1. The number of hydrogen-bond acceptors (Lipinski definition) is 3. The summed E-state index contributed by atoms with van der Waals surface area (Å²) < 4.78 is 12.9. The molecule has 0 aliphatic carbocycles. The molecule has 0 aliphatic heterocycles. The number of hydrogen-bond donors (Lipinski definition) is 2. The van der Waals surface area contributed by atoms with Gasteiger partial charge in [0.2, 0.25) is 0 Å². The predicted octanol–water partition coefficient (Wildman–Crippen LogP) is 3.55. The fourth-order valence-electron chi connectivity index (χ4n) is 2.10. The molecule has 0 amide bonds. The second-order valence-electron chi connectivity index (χ2n) is 5.18. The quantitative estimate of drug-likeness (QED) is 0.376. The van der Waals surface area contributed by atoms with Gasteiger partial charge in [0, 0.05) is 37.1 Å². The molecule has 0 unspecified atom stereocenters. The Labute approximate surface area is 164 Å². The van der Waals surface area contributed by atoms with Crippen LogP contribution in [0.25, 0.3) is 0 Å². The number of rotatable bonds is 7. The van der Waals surface area contributed by atoms with Crippen LogP contribution in [-0.2, 0) is 12.8 Å². The van der Waals surface area contributed by atoms with Gasteiger partial charge in [0.1, 0.15) is 5.82 Å². The van der Waals surface area contributed by atoms with Crippen LogP contribution < -0.4 is 10.6 Å². The third-order valence-electron chi connectivity index (χ3n) is 3.23. The summed E-state index contributed by atoms with van der Waals surface area (Å²) in [7, 11) is 0. The van der Waals surface area contributed by atoms with Crippen LogP contribution in [0.1, 0.15) is 22.4 Å². The molecule has 1 aromatic carbocycles. The van der Waals surface area contributed by atoms with Crippen LogP contribution in [0, 0.1) is 12.7 Å². The Balaban J connectivity index is 0.00000288. The number of guanidine groups is 1. The van der Waals surface area contributed by atoms with Gasteiger partial charge in [0.25, 0.3) is 0 Å². The highest BCUT2D eigenvalue weighted by Crippen LogP contribution is 2.11. The summed E-state index contributed by atoms with van der Waals surface area (Å²) in [6.45, 7) is 6.39. The van der Waals surface area contributed by atoms with Gasteiger partial charge in [-0.3, -0.25) is 4.99 Å². The highest BCUT2D eigenvalue weighted by atomic mass is 127. The Morgan fingerprint density at radius 2 is 1.96 bits per heavy atom. The highest BCUT2D eigenvalue weighted by Gasteiger charge is 2.00. The lowest BCUT2D eigenvalue weighted by Gasteiger charge is -2.11. The summed E-state index contributed by atoms with van der Waals surface area (Å²) in [6, 6.07) is 6.60. The number of nitrogens with one attached hydrogen (secondary N) is 2. The third-order valence-corrected chi connectivity index (χ3v) is 4.20. The third kappa shape index (κ3) is 7.57. The summed E-state index contributed by atoms with van der Waals surface area (Å²) in [5.74, 6) is 0.608. The summed E-state index contributed by atoms with van der Waals surface area (Å²) in [6.07, 6.45) is 3.58. The number of thiazole rings is 1. The first-order valence-corrected chi connectivity index (χ1v) is 8.67. The Bertz CT molecular complexity index is 628. The molecule has 132 valence electrons. The molecule has 0 atom stereocenters. The van der Waals surface area contributed by atoms with Gasteiger partial charge in [-0.15, -0.1) is 35.3 Å². The van der Waals surface area contributed by atoms with Crippen LogP contribution in [0.2, 0.25) is 0 Å². The summed E-state index contributed by atoms with van der Waals surface area (Å²) >= 11 is 1.72. The van der Waals surface area contributed by atoms with Gasteiger partial charge in [-0.25, -0.2) is 9.37 Å². The molecule has 0 spiro atoms. The van der Waals surface area contributed by atoms with Crippen molar-refractivity contribution in [3.05, 3.63) is 51.7 Å². The molecule has 24 heavy (non-hydrogen) atoms. The van der Waals surface area contributed by atoms with E-state index in [-0.39, 0.29) is 29.8 Å². The highest BCUT2D eigenvalue weighted by molar-refractivity contribution is 14.0. The van der Waals surface area contributed by atoms with E-state index < -0.39 is 0 Å². The topological polar surface area (TPSA) is 49.3 Å². The predicted molar refractivity (Wildman–Crippen MR) is 110 cm³/mol. The number of aromatic nitrogens is 1. The molecule has 0 fully saturated rings. The Morgan fingerprint density at radius 1 is 1.21 bits per heavy atom. The van der Waals surface area contributed by atoms with E-state index in [1.807, 2.05) is 25.3 Å². The minimum absolute atomic E-state index is 0. The molecule has 0 aliphatic rings. The van der Waals surface area contributed by atoms with Crippen LogP contribution >= 0.6 is 35.3 Å². The first-order chi connectivity index (χ1) is 11.2. The Kier molecular flexibility index (Phi) is 9.85. The first-order valence-electron chi connectivity index (χ1n) is 7.85. The van der Waals surface area contributed by atoms with E-state index in [2.05, 4.69) is 27.5 Å². The van der Waals surface area contributed by atoms with Gasteiger partial charge in [-0.1, -0.05) is 12.1 Å². The zero-order chi connectivity index (χ0) is 16.5. The number of nitrogens with zero attached hydrogens (tertiary/aromatic N) is 2. The molecule has 1 aromatic heterocycles. The number of halogens is 2. The molecular formula is C17H24FIN4S. The van der Waals surface area contributed by atoms with E-state index in [0.717, 1.165) is 42.5 Å². The minimum atomic E-state index is -0.200. The average molecular weight is 462 g/mol. The fourth-order valence-corrected chi connectivity index (χ4v) is 2.87.